The van der Waals surface area contributed by atoms with Crippen molar-refractivity contribution in [3.05, 3.63) is 58.9 Å². The number of hydrogen-bond acceptors (Lipinski definition) is 7. The fraction of sp³-hybridized carbons (Fsp3) is 0.263. The highest BCUT2D eigenvalue weighted by Gasteiger charge is 2.42. The number of hydrogen-bond donors (Lipinski definition) is 2. The van der Waals surface area contributed by atoms with Crippen molar-refractivity contribution in [2.75, 3.05) is 17.2 Å². The van der Waals surface area contributed by atoms with Gasteiger partial charge < -0.3 is 15.4 Å². The lowest BCUT2D eigenvalue weighted by Crippen LogP contribution is -2.45. The van der Waals surface area contributed by atoms with E-state index in [1.807, 2.05) is 49.6 Å². The van der Waals surface area contributed by atoms with E-state index in [1.54, 1.807) is 6.20 Å². The van der Waals surface area contributed by atoms with Crippen LogP contribution in [0, 0.1) is 6.92 Å². The van der Waals surface area contributed by atoms with Gasteiger partial charge in [0.1, 0.15) is 5.41 Å². The van der Waals surface area contributed by atoms with Crippen molar-refractivity contribution in [3.63, 3.8) is 0 Å². The number of anilines is 3. The first-order valence-electron chi connectivity index (χ1n) is 8.54. The van der Waals surface area contributed by atoms with Gasteiger partial charge in [-0.05, 0) is 26.0 Å². The lowest BCUT2D eigenvalue weighted by atomic mass is 9.82. The second kappa shape index (κ2) is 7.05. The van der Waals surface area contributed by atoms with Gasteiger partial charge in [0, 0.05) is 22.8 Å². The molecule has 0 bridgehead atoms. The number of thiazole rings is 1. The van der Waals surface area contributed by atoms with Crippen LogP contribution in [-0.2, 0) is 21.6 Å². The first kappa shape index (κ1) is 17.6. The Balaban J connectivity index is 1.64. The van der Waals surface area contributed by atoms with Crippen LogP contribution in [0.25, 0.3) is 0 Å². The number of aromatic nitrogens is 3. The largest absolute Gasteiger partial charge is 0.375 e. The van der Waals surface area contributed by atoms with Crippen molar-refractivity contribution in [1.29, 1.82) is 0 Å². The number of amides is 1. The van der Waals surface area contributed by atoms with Crippen LogP contribution in [0.1, 0.15) is 23.9 Å². The van der Waals surface area contributed by atoms with Gasteiger partial charge in [0.2, 0.25) is 11.9 Å². The summed E-state index contributed by atoms with van der Waals surface area (Å²) in [5.41, 5.74) is 2.32. The van der Waals surface area contributed by atoms with Gasteiger partial charge in [0.05, 0.1) is 24.6 Å². The van der Waals surface area contributed by atoms with Crippen LogP contribution in [0.5, 0.6) is 0 Å². The topological polar surface area (TPSA) is 89.0 Å². The molecule has 1 aliphatic rings. The average Bonchev–Trinajstić information content (AvgIpc) is 3.08. The summed E-state index contributed by atoms with van der Waals surface area (Å²) < 4.78 is 5.66. The van der Waals surface area contributed by atoms with Gasteiger partial charge >= 0.3 is 0 Å². The molecule has 7 nitrogen and oxygen atoms in total. The molecule has 0 fully saturated rings. The maximum Gasteiger partial charge on any atom is 0.240 e. The van der Waals surface area contributed by atoms with E-state index in [0.29, 0.717) is 23.4 Å². The fourth-order valence-corrected chi connectivity index (χ4v) is 3.64. The van der Waals surface area contributed by atoms with Crippen LogP contribution in [-0.4, -0.2) is 27.5 Å². The zero-order valence-corrected chi connectivity index (χ0v) is 15.8. The highest BCUT2D eigenvalue weighted by molar-refractivity contribution is 7.13. The van der Waals surface area contributed by atoms with Crippen LogP contribution in [0.2, 0.25) is 0 Å². The number of carbonyl (C=O) groups is 1. The second-order valence-corrected chi connectivity index (χ2v) is 7.49. The Labute approximate surface area is 160 Å². The number of aryl methyl sites for hydroxylation is 1. The third-order valence-corrected chi connectivity index (χ3v) is 5.28. The van der Waals surface area contributed by atoms with E-state index in [-0.39, 0.29) is 12.5 Å². The van der Waals surface area contributed by atoms with Gasteiger partial charge in [-0.15, -0.1) is 11.3 Å². The molecule has 138 valence electrons. The molecular weight excluding hydrogens is 362 g/mol. The average molecular weight is 381 g/mol. The Hall–Kier alpha value is -2.84. The third-order valence-electron chi connectivity index (χ3n) is 4.41. The number of nitrogens with zero attached hydrogens (tertiary/aromatic N) is 3. The Bertz CT molecular complexity index is 975. The molecule has 1 amide bonds. The van der Waals surface area contributed by atoms with Crippen molar-refractivity contribution >= 4 is 34.0 Å². The zero-order chi connectivity index (χ0) is 18.9. The minimum absolute atomic E-state index is 0.192. The molecular formula is C19H19N5O2S. The fourth-order valence-electron chi connectivity index (χ4n) is 2.95. The first-order valence-corrected chi connectivity index (χ1v) is 9.42. The zero-order valence-electron chi connectivity index (χ0n) is 15.0. The van der Waals surface area contributed by atoms with Crippen LogP contribution in [0.15, 0.2) is 41.9 Å². The van der Waals surface area contributed by atoms with E-state index >= 15 is 0 Å². The highest BCUT2D eigenvalue weighted by Crippen LogP contribution is 2.33. The van der Waals surface area contributed by atoms with E-state index < -0.39 is 5.41 Å². The van der Waals surface area contributed by atoms with E-state index in [0.717, 1.165) is 16.9 Å². The van der Waals surface area contributed by atoms with Crippen molar-refractivity contribution in [1.82, 2.24) is 15.0 Å². The smallest absolute Gasteiger partial charge is 0.240 e. The van der Waals surface area contributed by atoms with Gasteiger partial charge in [-0.2, -0.15) is 0 Å². The van der Waals surface area contributed by atoms with E-state index in [4.69, 9.17) is 4.74 Å². The van der Waals surface area contributed by atoms with Crippen molar-refractivity contribution in [2.24, 2.45) is 0 Å². The summed E-state index contributed by atoms with van der Waals surface area (Å²) in [5.74, 6) is 0.258. The Morgan fingerprint density at radius 1 is 1.26 bits per heavy atom. The predicted molar refractivity (Wildman–Crippen MR) is 104 cm³/mol. The molecule has 3 aromatic rings. The molecule has 8 heteroatoms. The van der Waals surface area contributed by atoms with Gasteiger partial charge in [0.15, 0.2) is 5.13 Å². The summed E-state index contributed by atoms with van der Waals surface area (Å²) in [6.45, 7) is 4.36. The molecule has 0 radical (unpaired) electrons. The van der Waals surface area contributed by atoms with E-state index in [9.17, 15) is 4.79 Å². The molecule has 1 atom stereocenters. The van der Waals surface area contributed by atoms with Crippen molar-refractivity contribution in [3.8, 4) is 0 Å². The molecule has 0 saturated carbocycles. The maximum absolute atomic E-state index is 13.0. The number of carbonyl (C=O) groups excluding carboxylic acids is 1. The monoisotopic (exact) mass is 381 g/mol. The number of para-hydroxylation sites is 1. The molecule has 3 heterocycles. The molecule has 2 aromatic heterocycles. The number of benzene rings is 1. The third kappa shape index (κ3) is 3.54. The van der Waals surface area contributed by atoms with Crippen LogP contribution in [0.4, 0.5) is 16.8 Å². The van der Waals surface area contributed by atoms with Crippen molar-refractivity contribution < 1.29 is 9.53 Å². The van der Waals surface area contributed by atoms with E-state index in [2.05, 4.69) is 25.6 Å². The maximum atomic E-state index is 13.0. The summed E-state index contributed by atoms with van der Waals surface area (Å²) in [6.07, 6.45) is 1.71. The lowest BCUT2D eigenvalue weighted by molar-refractivity contribution is -0.124. The lowest BCUT2D eigenvalue weighted by Gasteiger charge is -2.32. The SMILES string of the molecule is Cc1csc(NC(=O)C2(C)COCc3cnc(Nc4ccccc4)nc32)n1. The van der Waals surface area contributed by atoms with Gasteiger partial charge in [-0.1, -0.05) is 18.2 Å². The van der Waals surface area contributed by atoms with Crippen LogP contribution >= 0.6 is 11.3 Å². The number of nitrogens with one attached hydrogen (secondary N) is 2. The number of rotatable bonds is 4. The normalized spacial score (nSPS) is 18.6. The van der Waals surface area contributed by atoms with Crippen LogP contribution in [0.3, 0.4) is 0 Å². The van der Waals surface area contributed by atoms with Gasteiger partial charge in [-0.25, -0.2) is 15.0 Å². The molecule has 0 aliphatic carbocycles. The highest BCUT2D eigenvalue weighted by atomic mass is 32.1. The summed E-state index contributed by atoms with van der Waals surface area (Å²) in [4.78, 5) is 26.3. The van der Waals surface area contributed by atoms with Crippen molar-refractivity contribution in [2.45, 2.75) is 25.9 Å². The van der Waals surface area contributed by atoms with Gasteiger partial charge in [-0.3, -0.25) is 4.79 Å². The molecule has 1 unspecified atom stereocenters. The summed E-state index contributed by atoms with van der Waals surface area (Å²) in [6, 6.07) is 9.67. The van der Waals surface area contributed by atoms with E-state index in [1.165, 1.54) is 11.3 Å². The summed E-state index contributed by atoms with van der Waals surface area (Å²) in [5, 5.41) is 8.54. The first-order chi connectivity index (χ1) is 13.0. The Morgan fingerprint density at radius 3 is 2.81 bits per heavy atom. The quantitative estimate of drug-likeness (QED) is 0.720. The second-order valence-electron chi connectivity index (χ2n) is 6.63. The molecule has 1 aliphatic heterocycles. The Morgan fingerprint density at radius 2 is 2.07 bits per heavy atom. The molecule has 0 spiro atoms. The molecule has 0 saturated heterocycles. The standard InChI is InChI=1S/C19H19N5O2S/c1-12-10-27-18(21-12)24-16(25)19(2)11-26-9-13-8-20-17(23-15(13)19)22-14-6-4-3-5-7-14/h3-8,10H,9,11H2,1-2H3,(H,20,22,23)(H,21,24,25). The molecule has 4 rings (SSSR count). The minimum Gasteiger partial charge on any atom is -0.375 e. The molecule has 27 heavy (non-hydrogen) atoms. The number of ether oxygens (including phenoxy) is 1. The predicted octanol–water partition coefficient (Wildman–Crippen LogP) is 3.41. The summed E-state index contributed by atoms with van der Waals surface area (Å²) >= 11 is 1.40. The number of fused-ring (bicyclic) bond motifs is 1. The molecule has 1 aromatic carbocycles. The summed E-state index contributed by atoms with van der Waals surface area (Å²) in [7, 11) is 0. The Kier molecular flexibility index (Phi) is 4.59. The van der Waals surface area contributed by atoms with Crippen LogP contribution < -0.4 is 10.6 Å². The van der Waals surface area contributed by atoms with Gasteiger partial charge in [0.25, 0.3) is 0 Å². The molecule has 2 N–H and O–H groups in total. The minimum atomic E-state index is -0.927.